The van der Waals surface area contributed by atoms with Crippen LogP contribution in [0.5, 0.6) is 11.5 Å². The number of rotatable bonds is 6. The van der Waals surface area contributed by atoms with Gasteiger partial charge in [-0.15, -0.1) is 0 Å². The molecule has 9 nitrogen and oxygen atoms in total. The molecule has 4 bridgehead atoms. The van der Waals surface area contributed by atoms with E-state index in [1.54, 1.807) is 0 Å². The number of benzene rings is 1. The van der Waals surface area contributed by atoms with Crippen molar-refractivity contribution in [1.82, 2.24) is 9.88 Å². The second-order valence-electron chi connectivity index (χ2n) is 16.4. The van der Waals surface area contributed by atoms with Crippen LogP contribution in [0.25, 0.3) is 0 Å². The second-order valence-corrected chi connectivity index (χ2v) is 16.4. The van der Waals surface area contributed by atoms with E-state index >= 15 is 0 Å². The van der Waals surface area contributed by atoms with Crippen molar-refractivity contribution < 1.29 is 29.3 Å². The molecule has 2 aromatic rings. The van der Waals surface area contributed by atoms with Crippen molar-refractivity contribution >= 4 is 17.9 Å². The number of amides is 1. The lowest BCUT2D eigenvalue weighted by Crippen LogP contribution is -2.80. The molecule has 7 atom stereocenters. The van der Waals surface area contributed by atoms with E-state index in [4.69, 9.17) is 9.47 Å². The van der Waals surface area contributed by atoms with Crippen LogP contribution in [0.3, 0.4) is 0 Å². The number of aromatic nitrogens is 1. The summed E-state index contributed by atoms with van der Waals surface area (Å²) < 4.78 is 13.1. The highest BCUT2D eigenvalue weighted by Crippen LogP contribution is 2.79. The van der Waals surface area contributed by atoms with E-state index < -0.39 is 17.7 Å². The van der Waals surface area contributed by atoms with E-state index in [2.05, 4.69) is 55.9 Å². The maximum absolute atomic E-state index is 13.2. The monoisotopic (exact) mass is 615 g/mol. The highest BCUT2D eigenvalue weighted by Gasteiger charge is 2.80. The average Bonchev–Trinajstić information content (AvgIpc) is 3.72. The molecule has 2 spiro atoms. The van der Waals surface area contributed by atoms with Gasteiger partial charge in [-0.25, -0.2) is 14.6 Å². The number of hydrogen-bond donors (Lipinski definition) is 3. The van der Waals surface area contributed by atoms with Gasteiger partial charge in [-0.05, 0) is 99.4 Å². The Kier molecular flexibility index (Phi) is 5.99. The molecule has 1 amide bonds. The molecular formula is C36H45N3O6. The number of aliphatic hydroxyl groups is 1. The van der Waals surface area contributed by atoms with Crippen molar-refractivity contribution in [2.24, 2.45) is 28.1 Å². The van der Waals surface area contributed by atoms with Crippen molar-refractivity contribution in [3.63, 3.8) is 0 Å². The molecule has 5 aliphatic carbocycles. The van der Waals surface area contributed by atoms with E-state index in [-0.39, 0.29) is 45.1 Å². The Morgan fingerprint density at radius 3 is 2.58 bits per heavy atom. The lowest BCUT2D eigenvalue weighted by atomic mass is 9.31. The summed E-state index contributed by atoms with van der Waals surface area (Å²) in [5.74, 6) is 1.06. The fraction of sp³-hybridized carbons (Fsp3) is 0.639. The lowest BCUT2D eigenvalue weighted by Gasteiger charge is -2.75. The molecule has 1 aromatic carbocycles. The van der Waals surface area contributed by atoms with Crippen LogP contribution < -0.4 is 14.8 Å². The van der Waals surface area contributed by atoms with Gasteiger partial charge in [0.15, 0.2) is 11.5 Å². The molecule has 240 valence electrons. The predicted molar refractivity (Wildman–Crippen MR) is 168 cm³/mol. The Morgan fingerprint density at radius 1 is 1.13 bits per heavy atom. The minimum absolute atomic E-state index is 0.0303. The van der Waals surface area contributed by atoms with E-state index in [0.717, 1.165) is 51.1 Å². The van der Waals surface area contributed by atoms with Crippen molar-refractivity contribution in [1.29, 1.82) is 0 Å². The highest BCUT2D eigenvalue weighted by atomic mass is 16.6. The van der Waals surface area contributed by atoms with Crippen LogP contribution in [0.4, 0.5) is 10.6 Å². The molecule has 3 heterocycles. The Labute approximate surface area is 264 Å². The van der Waals surface area contributed by atoms with Crippen molar-refractivity contribution in [3.8, 4) is 11.5 Å². The second kappa shape index (κ2) is 9.22. The third-order valence-corrected chi connectivity index (χ3v) is 13.4. The zero-order valence-electron chi connectivity index (χ0n) is 27.0. The Hall–Kier alpha value is -3.17. The molecule has 3 N–H and O–H groups in total. The zero-order valence-corrected chi connectivity index (χ0v) is 27.0. The summed E-state index contributed by atoms with van der Waals surface area (Å²) in [6.45, 7) is 13.1. The van der Waals surface area contributed by atoms with Crippen molar-refractivity contribution in [3.05, 3.63) is 47.2 Å². The van der Waals surface area contributed by atoms with E-state index in [9.17, 15) is 19.8 Å². The van der Waals surface area contributed by atoms with E-state index in [1.807, 2.05) is 6.07 Å². The molecule has 4 saturated carbocycles. The number of likely N-dealkylation sites (tertiary alicyclic amines) is 1. The average molecular weight is 616 g/mol. The van der Waals surface area contributed by atoms with Gasteiger partial charge >= 0.3 is 12.1 Å². The summed E-state index contributed by atoms with van der Waals surface area (Å²) in [5, 5.41) is 24.2. The van der Waals surface area contributed by atoms with Crippen LogP contribution >= 0.6 is 0 Å². The van der Waals surface area contributed by atoms with Crippen LogP contribution in [0.1, 0.15) is 94.6 Å². The number of fused-ring (bicyclic) bond motifs is 2. The van der Waals surface area contributed by atoms with Gasteiger partial charge in [-0.1, -0.05) is 33.8 Å². The van der Waals surface area contributed by atoms with Crippen molar-refractivity contribution in [2.75, 3.05) is 18.4 Å². The van der Waals surface area contributed by atoms with Gasteiger partial charge in [0.1, 0.15) is 11.9 Å². The van der Waals surface area contributed by atoms with Gasteiger partial charge in [0, 0.05) is 40.6 Å². The number of carbonyl (C=O) groups is 2. The smallest absolute Gasteiger partial charge is 0.418 e. The summed E-state index contributed by atoms with van der Waals surface area (Å²) >= 11 is 0. The van der Waals surface area contributed by atoms with Crippen LogP contribution in [0.15, 0.2) is 30.5 Å². The minimum Gasteiger partial charge on any atom is -0.485 e. The zero-order chi connectivity index (χ0) is 31.7. The Morgan fingerprint density at radius 2 is 1.91 bits per heavy atom. The van der Waals surface area contributed by atoms with Crippen LogP contribution in [-0.4, -0.2) is 63.0 Å². The number of ether oxygens (including phenoxy) is 2. The third-order valence-electron chi connectivity index (χ3n) is 13.4. The fourth-order valence-corrected chi connectivity index (χ4v) is 10.6. The molecule has 5 fully saturated rings. The van der Waals surface area contributed by atoms with Crippen LogP contribution in [0, 0.1) is 28.1 Å². The van der Waals surface area contributed by atoms with Gasteiger partial charge in [0.25, 0.3) is 0 Å². The first-order valence-electron chi connectivity index (χ1n) is 16.7. The van der Waals surface area contributed by atoms with Gasteiger partial charge in [-0.2, -0.15) is 0 Å². The predicted octanol–water partition coefficient (Wildman–Crippen LogP) is 6.03. The minimum atomic E-state index is -1.08. The van der Waals surface area contributed by atoms with Crippen LogP contribution in [0.2, 0.25) is 0 Å². The number of pyridine rings is 1. The molecular weight excluding hydrogens is 570 g/mol. The SMILES string of the molecule is CC(C)(C)C(C)(O)[C@H]1C[C@@]23CC[C@@]1(C)[C@@H]1Oc4c(OC(=O)Nc5ccc(C(=O)O)cn5)ccc5c4[C@@]12CCN(CC1CC1)[C@@H]3C5. The first-order valence-corrected chi connectivity index (χ1v) is 16.7. The molecule has 1 aromatic heterocycles. The molecule has 45 heavy (non-hydrogen) atoms. The Bertz CT molecular complexity index is 1590. The number of carbonyl (C=O) groups excluding carboxylic acids is 1. The molecule has 9 rings (SSSR count). The van der Waals surface area contributed by atoms with Gasteiger partial charge in [0.05, 0.1) is 11.2 Å². The first kappa shape index (κ1) is 29.2. The largest absolute Gasteiger partial charge is 0.485 e. The molecule has 1 unspecified atom stereocenters. The lowest BCUT2D eigenvalue weighted by molar-refractivity contribution is -0.276. The maximum Gasteiger partial charge on any atom is 0.418 e. The summed E-state index contributed by atoms with van der Waals surface area (Å²) in [6.07, 6.45) is 8.08. The highest BCUT2D eigenvalue weighted by molar-refractivity contribution is 5.89. The molecule has 1 saturated heterocycles. The quantitative estimate of drug-likeness (QED) is 0.360. The number of hydrogen-bond acceptors (Lipinski definition) is 7. The number of nitrogens with one attached hydrogen (secondary N) is 1. The molecule has 2 aliphatic heterocycles. The molecule has 7 aliphatic rings. The van der Waals surface area contributed by atoms with Crippen molar-refractivity contribution in [2.45, 2.75) is 103 Å². The summed E-state index contributed by atoms with van der Waals surface area (Å²) in [5.41, 5.74) is 0.895. The number of piperidine rings is 1. The first-order chi connectivity index (χ1) is 21.2. The van der Waals surface area contributed by atoms with Gasteiger partial charge in [-0.3, -0.25) is 10.2 Å². The fourth-order valence-electron chi connectivity index (χ4n) is 10.6. The van der Waals surface area contributed by atoms with E-state index in [1.165, 1.54) is 42.3 Å². The topological polar surface area (TPSA) is 121 Å². The van der Waals surface area contributed by atoms with Gasteiger partial charge in [0.2, 0.25) is 0 Å². The third kappa shape index (κ3) is 3.83. The summed E-state index contributed by atoms with van der Waals surface area (Å²) in [6, 6.07) is 7.24. The molecule has 0 radical (unpaired) electrons. The normalized spacial score (nSPS) is 35.6. The number of anilines is 1. The molecule has 9 heteroatoms. The van der Waals surface area contributed by atoms with Gasteiger partial charge < -0.3 is 19.7 Å². The maximum atomic E-state index is 13.2. The number of carboxylic acid groups (broad SMARTS) is 1. The summed E-state index contributed by atoms with van der Waals surface area (Å²) in [4.78, 5) is 31.2. The summed E-state index contributed by atoms with van der Waals surface area (Å²) in [7, 11) is 0. The number of aromatic carboxylic acids is 1. The van der Waals surface area contributed by atoms with Crippen LogP contribution in [-0.2, 0) is 11.8 Å². The standard InChI is InChI=1S/C36H45N3O6/c1-32(2,3)34(5,43)24-17-35-13-12-33(24,4)30-36(35)14-15-39(19-20-6-7-20)25(35)16-21-8-10-23(28(45-30)27(21)36)44-31(42)38-26-11-9-22(18-37-26)29(40)41/h8-11,18,20,24-25,30,43H,6-7,12-17,19H2,1-5H3,(H,40,41)(H,37,38,42)/t24-,25+,30-,33+,34?,35+,36-/m0/s1. The van der Waals surface area contributed by atoms with E-state index in [0.29, 0.717) is 17.5 Å². The Balaban J connectivity index is 1.20. The number of nitrogens with zero attached hydrogens (tertiary/aromatic N) is 2. The number of carboxylic acids is 1.